The van der Waals surface area contributed by atoms with E-state index >= 15 is 0 Å². The van der Waals surface area contributed by atoms with Gasteiger partial charge in [-0.15, -0.1) is 0 Å². The van der Waals surface area contributed by atoms with Crippen molar-refractivity contribution in [3.05, 3.63) is 35.6 Å². The first kappa shape index (κ1) is 18.1. The molecule has 1 aliphatic rings. The standard InChI is InChI=1S/C17H26FN3OS/c1-3-19-16(21-12-17(2)9-4-10-23-17)20-11-15(22)13-5-7-14(18)8-6-13/h5-8,15,22H,3-4,9-12H2,1-2H3,(H2,19,20,21). The largest absolute Gasteiger partial charge is 0.387 e. The number of benzene rings is 1. The predicted molar refractivity (Wildman–Crippen MR) is 95.4 cm³/mol. The number of hydrogen-bond acceptors (Lipinski definition) is 3. The maximum atomic E-state index is 12.9. The Labute approximate surface area is 142 Å². The topological polar surface area (TPSA) is 56.7 Å². The minimum absolute atomic E-state index is 0.220. The molecule has 1 saturated heterocycles. The average molecular weight is 339 g/mol. The van der Waals surface area contributed by atoms with E-state index in [2.05, 4.69) is 22.5 Å². The van der Waals surface area contributed by atoms with Gasteiger partial charge in [0.05, 0.1) is 12.6 Å². The monoisotopic (exact) mass is 339 g/mol. The fourth-order valence-electron chi connectivity index (χ4n) is 2.55. The van der Waals surface area contributed by atoms with Crippen LogP contribution in [0.25, 0.3) is 0 Å². The van der Waals surface area contributed by atoms with Gasteiger partial charge in [-0.25, -0.2) is 4.39 Å². The number of aliphatic hydroxyl groups excluding tert-OH is 1. The molecule has 6 heteroatoms. The van der Waals surface area contributed by atoms with Crippen molar-refractivity contribution in [2.45, 2.75) is 37.5 Å². The van der Waals surface area contributed by atoms with E-state index in [1.807, 2.05) is 18.7 Å². The molecule has 0 spiro atoms. The first-order chi connectivity index (χ1) is 11.0. The van der Waals surface area contributed by atoms with Gasteiger partial charge in [0, 0.05) is 17.8 Å². The molecule has 0 radical (unpaired) electrons. The van der Waals surface area contributed by atoms with Crippen LogP contribution in [0.4, 0.5) is 4.39 Å². The van der Waals surface area contributed by atoms with Gasteiger partial charge in [0.25, 0.3) is 0 Å². The molecule has 0 bridgehead atoms. The Hall–Kier alpha value is -1.27. The van der Waals surface area contributed by atoms with Crippen LogP contribution in [-0.2, 0) is 0 Å². The van der Waals surface area contributed by atoms with Gasteiger partial charge >= 0.3 is 0 Å². The highest BCUT2D eigenvalue weighted by molar-refractivity contribution is 8.00. The Bertz CT molecular complexity index is 515. The SMILES string of the molecule is CCNC(=NCC1(C)CCCS1)NCC(O)c1ccc(F)cc1. The second kappa shape index (κ2) is 8.55. The summed E-state index contributed by atoms with van der Waals surface area (Å²) in [4.78, 5) is 4.65. The Morgan fingerprint density at radius 3 is 2.74 bits per heavy atom. The van der Waals surface area contributed by atoms with Crippen LogP contribution in [0, 0.1) is 5.82 Å². The predicted octanol–water partition coefficient (Wildman–Crippen LogP) is 2.70. The maximum Gasteiger partial charge on any atom is 0.191 e. The van der Waals surface area contributed by atoms with E-state index in [-0.39, 0.29) is 10.6 Å². The zero-order valence-electron chi connectivity index (χ0n) is 13.8. The molecule has 1 aliphatic heterocycles. The summed E-state index contributed by atoms with van der Waals surface area (Å²) in [5.74, 6) is 1.62. The maximum absolute atomic E-state index is 12.9. The van der Waals surface area contributed by atoms with Gasteiger partial charge < -0.3 is 15.7 Å². The molecular weight excluding hydrogens is 313 g/mol. The van der Waals surface area contributed by atoms with Crippen molar-refractivity contribution in [3.8, 4) is 0 Å². The molecule has 0 amide bonds. The van der Waals surface area contributed by atoms with Gasteiger partial charge in [-0.1, -0.05) is 12.1 Å². The third-order valence-electron chi connectivity index (χ3n) is 3.93. The fourth-order valence-corrected chi connectivity index (χ4v) is 3.77. The minimum Gasteiger partial charge on any atom is -0.387 e. The lowest BCUT2D eigenvalue weighted by Crippen LogP contribution is -2.40. The first-order valence-corrected chi connectivity index (χ1v) is 9.11. The van der Waals surface area contributed by atoms with Gasteiger partial charge in [-0.05, 0) is 50.1 Å². The number of halogens is 1. The average Bonchev–Trinajstić information content (AvgIpc) is 2.97. The molecule has 23 heavy (non-hydrogen) atoms. The molecule has 2 unspecified atom stereocenters. The van der Waals surface area contributed by atoms with E-state index < -0.39 is 6.10 Å². The second-order valence-electron chi connectivity index (χ2n) is 6.05. The van der Waals surface area contributed by atoms with Crippen molar-refractivity contribution >= 4 is 17.7 Å². The lowest BCUT2D eigenvalue weighted by Gasteiger charge is -2.21. The van der Waals surface area contributed by atoms with Gasteiger partial charge in [0.1, 0.15) is 5.82 Å². The molecule has 1 aromatic rings. The van der Waals surface area contributed by atoms with Gasteiger partial charge in [-0.2, -0.15) is 11.8 Å². The summed E-state index contributed by atoms with van der Waals surface area (Å²) >= 11 is 1.98. The van der Waals surface area contributed by atoms with Crippen molar-refractivity contribution in [2.24, 2.45) is 4.99 Å². The van der Waals surface area contributed by atoms with Gasteiger partial charge in [-0.3, -0.25) is 4.99 Å². The molecule has 2 atom stereocenters. The van der Waals surface area contributed by atoms with E-state index in [1.54, 1.807) is 12.1 Å². The summed E-state index contributed by atoms with van der Waals surface area (Å²) in [5.41, 5.74) is 0.688. The summed E-state index contributed by atoms with van der Waals surface area (Å²) in [6.07, 6.45) is 1.75. The Balaban J connectivity index is 1.89. The first-order valence-electron chi connectivity index (χ1n) is 8.12. The van der Waals surface area contributed by atoms with E-state index in [0.29, 0.717) is 18.1 Å². The molecule has 4 nitrogen and oxygen atoms in total. The molecular formula is C17H26FN3OS. The van der Waals surface area contributed by atoms with E-state index in [4.69, 9.17) is 0 Å². The second-order valence-corrected chi connectivity index (χ2v) is 7.73. The van der Waals surface area contributed by atoms with Gasteiger partial charge in [0.2, 0.25) is 0 Å². The van der Waals surface area contributed by atoms with Crippen molar-refractivity contribution in [3.63, 3.8) is 0 Å². The van der Waals surface area contributed by atoms with Crippen molar-refractivity contribution < 1.29 is 9.50 Å². The highest BCUT2D eigenvalue weighted by Gasteiger charge is 2.29. The van der Waals surface area contributed by atoms with Crippen LogP contribution in [0.1, 0.15) is 38.4 Å². The molecule has 1 fully saturated rings. The molecule has 0 aliphatic carbocycles. The number of nitrogens with zero attached hydrogens (tertiary/aromatic N) is 1. The summed E-state index contributed by atoms with van der Waals surface area (Å²) in [5, 5.41) is 16.5. The number of hydrogen-bond donors (Lipinski definition) is 3. The van der Waals surface area contributed by atoms with Crippen LogP contribution < -0.4 is 10.6 Å². The highest BCUT2D eigenvalue weighted by atomic mass is 32.2. The Morgan fingerprint density at radius 1 is 1.39 bits per heavy atom. The van der Waals surface area contributed by atoms with Crippen LogP contribution in [0.15, 0.2) is 29.3 Å². The van der Waals surface area contributed by atoms with Crippen LogP contribution in [0.2, 0.25) is 0 Å². The zero-order chi connectivity index (χ0) is 16.7. The molecule has 1 aromatic carbocycles. The number of aliphatic hydroxyl groups is 1. The Morgan fingerprint density at radius 2 is 2.13 bits per heavy atom. The molecule has 2 rings (SSSR count). The number of rotatable bonds is 6. The van der Waals surface area contributed by atoms with Crippen LogP contribution >= 0.6 is 11.8 Å². The van der Waals surface area contributed by atoms with E-state index in [0.717, 1.165) is 13.1 Å². The number of thioether (sulfide) groups is 1. The summed E-state index contributed by atoms with van der Waals surface area (Å²) in [6, 6.07) is 5.91. The quantitative estimate of drug-likeness (QED) is 0.551. The Kier molecular flexibility index (Phi) is 6.72. The van der Waals surface area contributed by atoms with Crippen LogP contribution in [-0.4, -0.2) is 41.2 Å². The van der Waals surface area contributed by atoms with Crippen molar-refractivity contribution in [1.29, 1.82) is 0 Å². The minimum atomic E-state index is -0.698. The summed E-state index contributed by atoms with van der Waals surface area (Å²) in [6.45, 7) is 6.13. The number of guanidine groups is 1. The molecule has 0 saturated carbocycles. The van der Waals surface area contributed by atoms with Crippen LogP contribution in [0.3, 0.4) is 0 Å². The van der Waals surface area contributed by atoms with Gasteiger partial charge in [0.15, 0.2) is 5.96 Å². The van der Waals surface area contributed by atoms with Crippen LogP contribution in [0.5, 0.6) is 0 Å². The van der Waals surface area contributed by atoms with Crippen molar-refractivity contribution in [1.82, 2.24) is 10.6 Å². The lowest BCUT2D eigenvalue weighted by molar-refractivity contribution is 0.180. The lowest BCUT2D eigenvalue weighted by atomic mass is 10.1. The zero-order valence-corrected chi connectivity index (χ0v) is 14.6. The third-order valence-corrected chi connectivity index (χ3v) is 5.46. The molecule has 1 heterocycles. The fraction of sp³-hybridized carbons (Fsp3) is 0.588. The normalized spacial score (nSPS) is 22.9. The van der Waals surface area contributed by atoms with Crippen molar-refractivity contribution in [2.75, 3.05) is 25.4 Å². The number of aliphatic imine (C=N–C) groups is 1. The summed E-state index contributed by atoms with van der Waals surface area (Å²) in [7, 11) is 0. The smallest absolute Gasteiger partial charge is 0.191 e. The highest BCUT2D eigenvalue weighted by Crippen LogP contribution is 2.37. The molecule has 3 N–H and O–H groups in total. The summed E-state index contributed by atoms with van der Waals surface area (Å²) < 4.78 is 13.1. The third kappa shape index (κ3) is 5.70. The molecule has 0 aromatic heterocycles. The molecule has 128 valence electrons. The van der Waals surface area contributed by atoms with E-state index in [9.17, 15) is 9.50 Å². The number of nitrogens with one attached hydrogen (secondary N) is 2. The van der Waals surface area contributed by atoms with E-state index in [1.165, 1.54) is 30.7 Å².